The van der Waals surface area contributed by atoms with Gasteiger partial charge in [0.1, 0.15) is 10.00 Å². The van der Waals surface area contributed by atoms with E-state index in [0.29, 0.717) is 4.99 Å². The van der Waals surface area contributed by atoms with E-state index in [9.17, 15) is 0 Å². The van der Waals surface area contributed by atoms with Gasteiger partial charge in [-0.15, -0.1) is 11.3 Å². The van der Waals surface area contributed by atoms with Gasteiger partial charge >= 0.3 is 0 Å². The fourth-order valence-corrected chi connectivity index (χ4v) is 2.86. The van der Waals surface area contributed by atoms with E-state index < -0.39 is 0 Å². The van der Waals surface area contributed by atoms with Crippen LogP contribution in [0.25, 0.3) is 0 Å². The molecule has 0 amide bonds. The summed E-state index contributed by atoms with van der Waals surface area (Å²) in [6.45, 7) is 6.19. The van der Waals surface area contributed by atoms with Gasteiger partial charge < -0.3 is 11.1 Å². The van der Waals surface area contributed by atoms with Crippen LogP contribution in [0.3, 0.4) is 0 Å². The molecule has 0 saturated heterocycles. The average Bonchev–Trinajstić information content (AvgIpc) is 2.78. The molecule has 5 heteroatoms. The molecule has 1 aromatic carbocycles. The van der Waals surface area contributed by atoms with Crippen molar-refractivity contribution < 1.29 is 0 Å². The number of nitrogens with one attached hydrogen (secondary N) is 1. The van der Waals surface area contributed by atoms with E-state index in [0.717, 1.165) is 21.8 Å². The Kier molecular flexibility index (Phi) is 4.17. The van der Waals surface area contributed by atoms with E-state index in [1.54, 1.807) is 11.3 Å². The van der Waals surface area contributed by atoms with Crippen LogP contribution in [-0.2, 0) is 0 Å². The number of nitrogens with two attached hydrogens (primary N) is 1. The third-order valence-electron chi connectivity index (χ3n) is 2.91. The number of rotatable bonds is 4. The minimum atomic E-state index is 0.132. The SMILES string of the molecule is Cc1cnc(C(C)Nc2c(C)cccc2C(N)=S)s1. The molecule has 0 saturated carbocycles. The molecule has 0 spiro atoms. The molecule has 1 atom stereocenters. The van der Waals surface area contributed by atoms with E-state index in [2.05, 4.69) is 24.1 Å². The second-order valence-corrected chi connectivity index (χ2v) is 6.24. The first-order valence-electron chi connectivity index (χ1n) is 6.07. The van der Waals surface area contributed by atoms with Crippen LogP contribution in [0.4, 0.5) is 5.69 Å². The molecule has 1 heterocycles. The van der Waals surface area contributed by atoms with Gasteiger partial charge in [-0.05, 0) is 32.4 Å². The number of thiocarbonyl (C=S) groups is 1. The molecular weight excluding hydrogens is 274 g/mol. The highest BCUT2D eigenvalue weighted by molar-refractivity contribution is 7.80. The molecular formula is C14H17N3S2. The van der Waals surface area contributed by atoms with Gasteiger partial charge in [-0.1, -0.05) is 24.4 Å². The molecule has 3 nitrogen and oxygen atoms in total. The molecule has 19 heavy (non-hydrogen) atoms. The molecule has 0 aliphatic heterocycles. The smallest absolute Gasteiger partial charge is 0.115 e. The number of aromatic nitrogens is 1. The predicted molar refractivity (Wildman–Crippen MR) is 86.0 cm³/mol. The average molecular weight is 291 g/mol. The second-order valence-electron chi connectivity index (χ2n) is 4.54. The van der Waals surface area contributed by atoms with Crippen molar-refractivity contribution in [1.82, 2.24) is 4.98 Å². The number of hydrogen-bond donors (Lipinski definition) is 2. The molecule has 0 bridgehead atoms. The highest BCUT2D eigenvalue weighted by Gasteiger charge is 2.14. The summed E-state index contributed by atoms with van der Waals surface area (Å²) in [6, 6.07) is 6.09. The lowest BCUT2D eigenvalue weighted by Gasteiger charge is -2.18. The molecule has 2 rings (SSSR count). The van der Waals surface area contributed by atoms with Gasteiger partial charge in [-0.2, -0.15) is 0 Å². The molecule has 0 fully saturated rings. The molecule has 1 aromatic heterocycles. The van der Waals surface area contributed by atoms with Crippen molar-refractivity contribution in [3.63, 3.8) is 0 Å². The Balaban J connectivity index is 2.30. The van der Waals surface area contributed by atoms with E-state index in [-0.39, 0.29) is 6.04 Å². The van der Waals surface area contributed by atoms with Gasteiger partial charge in [-0.25, -0.2) is 4.98 Å². The Hall–Kier alpha value is -1.46. The lowest BCUT2D eigenvalue weighted by Crippen LogP contribution is -2.16. The van der Waals surface area contributed by atoms with E-state index in [4.69, 9.17) is 18.0 Å². The van der Waals surface area contributed by atoms with Gasteiger partial charge in [0.2, 0.25) is 0 Å². The predicted octanol–water partition coefficient (Wildman–Crippen LogP) is 3.57. The summed E-state index contributed by atoms with van der Waals surface area (Å²) >= 11 is 6.81. The number of hydrogen-bond acceptors (Lipinski definition) is 4. The first kappa shape index (κ1) is 14.0. The van der Waals surface area contributed by atoms with Crippen molar-refractivity contribution in [2.24, 2.45) is 5.73 Å². The zero-order valence-corrected chi connectivity index (χ0v) is 12.9. The Bertz CT molecular complexity index is 604. The maximum absolute atomic E-state index is 5.78. The van der Waals surface area contributed by atoms with Crippen molar-refractivity contribution >= 4 is 34.2 Å². The number of benzene rings is 1. The summed E-state index contributed by atoms with van der Waals surface area (Å²) in [6.07, 6.45) is 1.89. The minimum Gasteiger partial charge on any atom is -0.389 e. The topological polar surface area (TPSA) is 50.9 Å². The van der Waals surface area contributed by atoms with E-state index in [1.165, 1.54) is 4.88 Å². The summed E-state index contributed by atoms with van der Waals surface area (Å²) in [5.74, 6) is 0. The quantitative estimate of drug-likeness (QED) is 0.846. The molecule has 0 aliphatic carbocycles. The molecule has 2 aromatic rings. The van der Waals surface area contributed by atoms with Crippen molar-refractivity contribution in [1.29, 1.82) is 0 Å². The van der Waals surface area contributed by atoms with Crippen LogP contribution < -0.4 is 11.1 Å². The lowest BCUT2D eigenvalue weighted by molar-refractivity contribution is 0.867. The molecule has 100 valence electrons. The number of thiazole rings is 1. The number of para-hydroxylation sites is 1. The van der Waals surface area contributed by atoms with Crippen LogP contribution in [0.1, 0.15) is 34.0 Å². The van der Waals surface area contributed by atoms with Crippen LogP contribution in [0.2, 0.25) is 0 Å². The van der Waals surface area contributed by atoms with E-state index in [1.807, 2.05) is 31.3 Å². The summed E-state index contributed by atoms with van der Waals surface area (Å²) in [5.41, 5.74) is 8.79. The van der Waals surface area contributed by atoms with Crippen molar-refractivity contribution in [3.8, 4) is 0 Å². The molecule has 1 unspecified atom stereocenters. The first-order chi connectivity index (χ1) is 8.99. The van der Waals surface area contributed by atoms with Crippen molar-refractivity contribution in [2.45, 2.75) is 26.8 Å². The van der Waals surface area contributed by atoms with Gasteiger partial charge in [0.25, 0.3) is 0 Å². The van der Waals surface area contributed by atoms with Crippen LogP contribution in [0.5, 0.6) is 0 Å². The van der Waals surface area contributed by atoms with Crippen molar-refractivity contribution in [2.75, 3.05) is 5.32 Å². The molecule has 0 radical (unpaired) electrons. The Morgan fingerprint density at radius 3 is 2.74 bits per heavy atom. The first-order valence-corrected chi connectivity index (χ1v) is 7.29. The maximum Gasteiger partial charge on any atom is 0.115 e. The molecule has 3 N–H and O–H groups in total. The van der Waals surface area contributed by atoms with Crippen molar-refractivity contribution in [3.05, 3.63) is 45.4 Å². The lowest BCUT2D eigenvalue weighted by atomic mass is 10.1. The van der Waals surface area contributed by atoms with Gasteiger partial charge in [0.05, 0.1) is 6.04 Å². The van der Waals surface area contributed by atoms with Gasteiger partial charge in [-0.3, -0.25) is 0 Å². The third kappa shape index (κ3) is 3.11. The standard InChI is InChI=1S/C14H17N3S2/c1-8-5-4-6-11(13(15)18)12(8)17-10(3)14-16-7-9(2)19-14/h4-7,10,17H,1-3H3,(H2,15,18). The highest BCUT2D eigenvalue weighted by Crippen LogP contribution is 2.27. The number of aryl methyl sites for hydroxylation is 2. The zero-order chi connectivity index (χ0) is 14.0. The Labute approximate surface area is 122 Å². The third-order valence-corrected chi connectivity index (χ3v) is 4.22. The van der Waals surface area contributed by atoms with Gasteiger partial charge in [0, 0.05) is 22.3 Å². The van der Waals surface area contributed by atoms with Crippen LogP contribution in [0, 0.1) is 13.8 Å². The summed E-state index contributed by atoms with van der Waals surface area (Å²) in [5, 5.41) is 4.53. The fourth-order valence-electron chi connectivity index (χ4n) is 1.92. The Morgan fingerprint density at radius 1 is 1.42 bits per heavy atom. The summed E-state index contributed by atoms with van der Waals surface area (Å²) in [7, 11) is 0. The summed E-state index contributed by atoms with van der Waals surface area (Å²) < 4.78 is 0. The van der Waals surface area contributed by atoms with Crippen LogP contribution in [0.15, 0.2) is 24.4 Å². The minimum absolute atomic E-state index is 0.132. The number of anilines is 1. The van der Waals surface area contributed by atoms with E-state index >= 15 is 0 Å². The summed E-state index contributed by atoms with van der Waals surface area (Å²) in [4.78, 5) is 6.03. The zero-order valence-electron chi connectivity index (χ0n) is 11.2. The second kappa shape index (κ2) is 5.67. The monoisotopic (exact) mass is 291 g/mol. The maximum atomic E-state index is 5.78. The number of nitrogens with zero attached hydrogens (tertiary/aromatic N) is 1. The normalized spacial score (nSPS) is 12.2. The Morgan fingerprint density at radius 2 is 2.16 bits per heavy atom. The van der Waals surface area contributed by atoms with Crippen LogP contribution in [-0.4, -0.2) is 9.97 Å². The highest BCUT2D eigenvalue weighted by atomic mass is 32.1. The largest absolute Gasteiger partial charge is 0.389 e. The van der Waals surface area contributed by atoms with Crippen LogP contribution >= 0.6 is 23.6 Å². The molecule has 0 aliphatic rings. The fraction of sp³-hybridized carbons (Fsp3) is 0.286. The van der Waals surface area contributed by atoms with Gasteiger partial charge in [0.15, 0.2) is 0 Å².